The van der Waals surface area contributed by atoms with Gasteiger partial charge in [-0.25, -0.2) is 4.98 Å². The summed E-state index contributed by atoms with van der Waals surface area (Å²) in [5, 5.41) is 9.62. The zero-order chi connectivity index (χ0) is 23.9. The molecule has 5 rings (SSSR count). The molecule has 0 amide bonds. The molecule has 0 saturated heterocycles. The van der Waals surface area contributed by atoms with Gasteiger partial charge in [0.05, 0.1) is 18.6 Å². The summed E-state index contributed by atoms with van der Waals surface area (Å²) in [7, 11) is 0. The Morgan fingerprint density at radius 1 is 0.722 bits per heavy atom. The Bertz CT molecular complexity index is 1260. The van der Waals surface area contributed by atoms with Crippen LogP contribution in [0.15, 0.2) is 128 Å². The number of benzene rings is 4. The average Bonchev–Trinajstić information content (AvgIpc) is 3.38. The van der Waals surface area contributed by atoms with Crippen molar-refractivity contribution in [1.82, 2.24) is 9.55 Å². The molecule has 0 aliphatic rings. The van der Waals surface area contributed by atoms with Gasteiger partial charge in [-0.3, -0.25) is 0 Å². The predicted octanol–water partition coefficient (Wildman–Crippen LogP) is 6.44. The number of hydrogen-bond acceptors (Lipinski definition) is 3. The molecular weight excluding hydrogens is 659 g/mol. The number of hydrogen-bond donors (Lipinski definition) is 1. The van der Waals surface area contributed by atoms with Crippen molar-refractivity contribution >= 4 is 0 Å². The van der Waals surface area contributed by atoms with E-state index in [0.29, 0.717) is 12.4 Å². The number of rotatable bonds is 9. The molecular formula is C31H28AcN2O2. The molecule has 1 aromatic heterocycles. The molecule has 4 aromatic carbocycles. The van der Waals surface area contributed by atoms with Crippen LogP contribution in [-0.2, 0) is 12.0 Å². The van der Waals surface area contributed by atoms with Crippen molar-refractivity contribution in [3.8, 4) is 11.5 Å². The van der Waals surface area contributed by atoms with Crippen LogP contribution in [0.3, 0.4) is 0 Å². The van der Waals surface area contributed by atoms with Crippen LogP contribution in [0.4, 0.5) is 0 Å². The quantitative estimate of drug-likeness (QED) is 0.143. The summed E-state index contributed by atoms with van der Waals surface area (Å²) in [5.74, 6) is 0.882. The van der Waals surface area contributed by atoms with Gasteiger partial charge in [-0.05, 0) is 41.7 Å². The van der Waals surface area contributed by atoms with E-state index in [-0.39, 0.29) is 49.8 Å². The summed E-state index contributed by atoms with van der Waals surface area (Å²) in [6.07, 6.45) is 5.71. The van der Waals surface area contributed by atoms with E-state index in [2.05, 4.69) is 102 Å². The summed E-state index contributed by atoms with van der Waals surface area (Å²) in [5.41, 5.74) is 3.99. The smallest absolute Gasteiger partial charge is 0.122 e. The minimum Gasteiger partial charge on any atom is -0.508 e. The van der Waals surface area contributed by atoms with E-state index >= 15 is 0 Å². The van der Waals surface area contributed by atoms with Gasteiger partial charge in [0, 0.05) is 56.3 Å². The van der Waals surface area contributed by atoms with Crippen LogP contribution < -0.4 is 4.74 Å². The fourth-order valence-corrected chi connectivity index (χ4v) is 4.68. The first-order valence-corrected chi connectivity index (χ1v) is 11.9. The summed E-state index contributed by atoms with van der Waals surface area (Å²) in [4.78, 5) is 4.78. The van der Waals surface area contributed by atoms with E-state index in [1.165, 1.54) is 16.7 Å². The maximum Gasteiger partial charge on any atom is 0.122 e. The molecule has 0 aliphatic carbocycles. The van der Waals surface area contributed by atoms with Crippen molar-refractivity contribution in [2.45, 2.75) is 18.4 Å². The first-order valence-electron chi connectivity index (χ1n) is 11.9. The minimum absolute atomic E-state index is 0. The van der Waals surface area contributed by atoms with Crippen molar-refractivity contribution in [1.29, 1.82) is 0 Å². The Labute approximate surface area is 248 Å². The van der Waals surface area contributed by atoms with Crippen LogP contribution in [0.1, 0.15) is 28.8 Å². The maximum atomic E-state index is 9.62. The third kappa shape index (κ3) is 5.59. The second-order valence-corrected chi connectivity index (χ2v) is 8.53. The Kier molecular flexibility index (Phi) is 9.02. The zero-order valence-corrected chi connectivity index (χ0v) is 24.8. The fourth-order valence-electron chi connectivity index (χ4n) is 4.68. The van der Waals surface area contributed by atoms with Crippen LogP contribution in [0.5, 0.6) is 11.5 Å². The maximum absolute atomic E-state index is 9.62. The van der Waals surface area contributed by atoms with Gasteiger partial charge in [-0.15, -0.1) is 0 Å². The SMILES string of the molecule is Oc1cccc(OCCCc2cn(C(c3ccccc3)(c3ccccc3)c3ccccc3)cn2)c1.[Ac]. The van der Waals surface area contributed by atoms with Crippen LogP contribution in [-0.4, -0.2) is 21.3 Å². The van der Waals surface area contributed by atoms with Crippen molar-refractivity contribution in [2.75, 3.05) is 6.61 Å². The molecule has 1 N–H and O–H groups in total. The van der Waals surface area contributed by atoms with Gasteiger partial charge in [0.15, 0.2) is 0 Å². The molecule has 177 valence electrons. The van der Waals surface area contributed by atoms with Crippen LogP contribution in [0, 0.1) is 44.1 Å². The second-order valence-electron chi connectivity index (χ2n) is 8.53. The second kappa shape index (κ2) is 12.4. The van der Waals surface area contributed by atoms with Crippen molar-refractivity contribution in [2.24, 2.45) is 0 Å². The standard InChI is InChI=1S/C31H28N2O2.Ac/c34-29-19-10-20-30(22-29)35-21-11-18-28-23-33(24-32-28)31(25-12-4-1-5-13-25,26-14-6-2-7-15-26)27-16-8-3-9-17-27;/h1-10,12-17,19-20,22-24,34H,11,18,21H2;. The van der Waals surface area contributed by atoms with Crippen LogP contribution in [0.25, 0.3) is 0 Å². The molecule has 0 bridgehead atoms. The third-order valence-electron chi connectivity index (χ3n) is 6.26. The predicted molar refractivity (Wildman–Crippen MR) is 139 cm³/mol. The minimum atomic E-state index is -0.549. The molecule has 0 fully saturated rings. The van der Waals surface area contributed by atoms with Gasteiger partial charge >= 0.3 is 0 Å². The van der Waals surface area contributed by atoms with E-state index in [1.54, 1.807) is 18.2 Å². The average molecular weight is 688 g/mol. The first-order chi connectivity index (χ1) is 17.3. The Morgan fingerprint density at radius 3 is 1.81 bits per heavy atom. The molecule has 0 spiro atoms. The normalized spacial score (nSPS) is 11.0. The van der Waals surface area contributed by atoms with Gasteiger partial charge in [-0.1, -0.05) is 97.1 Å². The number of aromatic nitrogens is 2. The van der Waals surface area contributed by atoms with E-state index in [9.17, 15) is 5.11 Å². The molecule has 0 atom stereocenters. The Morgan fingerprint density at radius 2 is 1.28 bits per heavy atom. The fraction of sp³-hybridized carbons (Fsp3) is 0.129. The van der Waals surface area contributed by atoms with Gasteiger partial charge in [0.2, 0.25) is 0 Å². The van der Waals surface area contributed by atoms with E-state index in [4.69, 9.17) is 9.72 Å². The van der Waals surface area contributed by atoms with Gasteiger partial charge in [0.25, 0.3) is 0 Å². The zero-order valence-electron chi connectivity index (χ0n) is 20.1. The number of phenolic OH excluding ortho intramolecular Hbond substituents is 1. The number of phenols is 1. The molecule has 1 heterocycles. The van der Waals surface area contributed by atoms with Crippen molar-refractivity contribution < 1.29 is 53.9 Å². The van der Waals surface area contributed by atoms with Crippen molar-refractivity contribution in [3.63, 3.8) is 0 Å². The van der Waals surface area contributed by atoms with Gasteiger partial charge in [-0.2, -0.15) is 0 Å². The number of imidazole rings is 1. The molecule has 4 nitrogen and oxygen atoms in total. The number of ether oxygens (including phenoxy) is 1. The van der Waals surface area contributed by atoms with E-state index in [0.717, 1.165) is 18.5 Å². The summed E-state index contributed by atoms with van der Waals surface area (Å²) < 4.78 is 8.03. The largest absolute Gasteiger partial charge is 0.508 e. The molecule has 0 aliphatic heterocycles. The summed E-state index contributed by atoms with van der Waals surface area (Å²) in [6.45, 7) is 0.553. The Balaban J connectivity index is 0.00000304. The summed E-state index contributed by atoms with van der Waals surface area (Å²) in [6, 6.07) is 38.7. The molecule has 36 heavy (non-hydrogen) atoms. The first kappa shape index (κ1) is 26.2. The summed E-state index contributed by atoms with van der Waals surface area (Å²) >= 11 is 0. The number of aromatic hydroxyl groups is 1. The van der Waals surface area contributed by atoms with Crippen LogP contribution >= 0.6 is 0 Å². The van der Waals surface area contributed by atoms with E-state index < -0.39 is 5.54 Å². The van der Waals surface area contributed by atoms with Gasteiger partial charge < -0.3 is 14.4 Å². The third-order valence-corrected chi connectivity index (χ3v) is 6.26. The molecule has 0 unspecified atom stereocenters. The molecule has 5 aromatic rings. The number of nitrogens with zero attached hydrogens (tertiary/aromatic N) is 2. The monoisotopic (exact) mass is 687 g/mol. The molecule has 0 saturated carbocycles. The molecule has 1 radical (unpaired) electrons. The van der Waals surface area contributed by atoms with E-state index in [1.807, 2.05) is 12.4 Å². The van der Waals surface area contributed by atoms with Crippen LogP contribution in [0.2, 0.25) is 0 Å². The molecule has 5 heteroatoms. The Hall–Kier alpha value is -2.87. The number of aryl methyl sites for hydroxylation is 1. The topological polar surface area (TPSA) is 47.3 Å². The van der Waals surface area contributed by atoms with Gasteiger partial charge in [0.1, 0.15) is 17.0 Å². The van der Waals surface area contributed by atoms with Crippen molar-refractivity contribution in [3.05, 3.63) is 150 Å².